The van der Waals surface area contributed by atoms with Gasteiger partial charge in [0, 0.05) is 0 Å². The second kappa shape index (κ2) is 3.21. The number of rotatable bonds is 3. The third-order valence-corrected chi connectivity index (χ3v) is 2.36. The van der Waals surface area contributed by atoms with Crippen molar-refractivity contribution in [3.63, 3.8) is 0 Å². The summed E-state index contributed by atoms with van der Waals surface area (Å²) in [6.45, 7) is 3.18. The summed E-state index contributed by atoms with van der Waals surface area (Å²) in [6.07, 6.45) is 5.59. The van der Waals surface area contributed by atoms with E-state index in [1.165, 1.54) is 25.7 Å². The van der Waals surface area contributed by atoms with E-state index in [4.69, 9.17) is 5.73 Å². The van der Waals surface area contributed by atoms with Crippen LogP contribution in [0.5, 0.6) is 0 Å². The Morgan fingerprint density at radius 2 is 2.00 bits per heavy atom. The first-order chi connectivity index (χ1) is 4.36. The van der Waals surface area contributed by atoms with Crippen molar-refractivity contribution >= 4 is 0 Å². The third kappa shape index (κ3) is 1.68. The molecular weight excluding hydrogens is 110 g/mol. The van der Waals surface area contributed by atoms with Crippen molar-refractivity contribution in [3.8, 4) is 0 Å². The summed E-state index contributed by atoms with van der Waals surface area (Å²) < 4.78 is 0. The normalized spacial score (nSPS) is 34.0. The van der Waals surface area contributed by atoms with E-state index in [0.29, 0.717) is 0 Å². The van der Waals surface area contributed by atoms with E-state index < -0.39 is 0 Å². The molecule has 1 nitrogen and oxygen atoms in total. The van der Waals surface area contributed by atoms with Crippen LogP contribution in [0.15, 0.2) is 0 Å². The number of hydrogen-bond acceptors (Lipinski definition) is 1. The molecule has 0 aliphatic heterocycles. The molecule has 1 aliphatic carbocycles. The van der Waals surface area contributed by atoms with Gasteiger partial charge >= 0.3 is 0 Å². The van der Waals surface area contributed by atoms with Crippen molar-refractivity contribution in [1.29, 1.82) is 0 Å². The summed E-state index contributed by atoms with van der Waals surface area (Å²) in [6, 6.07) is 0. The second-order valence-electron chi connectivity index (χ2n) is 3.23. The van der Waals surface area contributed by atoms with Gasteiger partial charge in [0.15, 0.2) is 0 Å². The maximum Gasteiger partial charge on any atom is -0.00487 e. The quantitative estimate of drug-likeness (QED) is 0.614. The van der Waals surface area contributed by atoms with Gasteiger partial charge < -0.3 is 5.73 Å². The van der Waals surface area contributed by atoms with Crippen LogP contribution in [-0.4, -0.2) is 6.54 Å². The van der Waals surface area contributed by atoms with Crippen LogP contribution in [0.3, 0.4) is 0 Å². The monoisotopic (exact) mass is 127 g/mol. The van der Waals surface area contributed by atoms with Gasteiger partial charge in [-0.05, 0) is 31.2 Å². The first kappa shape index (κ1) is 7.07. The highest BCUT2D eigenvalue weighted by Crippen LogP contribution is 2.35. The van der Waals surface area contributed by atoms with E-state index in [2.05, 4.69) is 6.92 Å². The molecule has 0 saturated heterocycles. The van der Waals surface area contributed by atoms with Gasteiger partial charge in [-0.15, -0.1) is 0 Å². The average molecular weight is 127 g/mol. The van der Waals surface area contributed by atoms with E-state index in [-0.39, 0.29) is 0 Å². The van der Waals surface area contributed by atoms with Crippen LogP contribution in [-0.2, 0) is 0 Å². The highest BCUT2D eigenvalue weighted by molar-refractivity contribution is 4.79. The van der Waals surface area contributed by atoms with Gasteiger partial charge in [-0.25, -0.2) is 0 Å². The molecule has 1 fully saturated rings. The van der Waals surface area contributed by atoms with Crippen LogP contribution in [0.2, 0.25) is 0 Å². The van der Waals surface area contributed by atoms with Crippen molar-refractivity contribution in [2.45, 2.75) is 32.6 Å². The van der Waals surface area contributed by atoms with Gasteiger partial charge in [0.2, 0.25) is 0 Å². The summed E-state index contributed by atoms with van der Waals surface area (Å²) in [5.74, 6) is 1.91. The molecule has 1 saturated carbocycles. The molecular formula is C8H17N. The smallest absolute Gasteiger partial charge is 0.00487 e. The van der Waals surface area contributed by atoms with Crippen molar-refractivity contribution in [2.75, 3.05) is 6.54 Å². The standard InChI is InChI=1S/C8H17N/c1-2-3-7-4-8(5-7)6-9/h7-8H,2-6,9H2,1H3. The minimum atomic E-state index is 0.876. The molecule has 0 amide bonds. The lowest BCUT2D eigenvalue weighted by Gasteiger charge is -2.34. The van der Waals surface area contributed by atoms with Crippen LogP contribution in [0.1, 0.15) is 32.6 Å². The molecule has 0 aromatic heterocycles. The molecule has 0 radical (unpaired) electrons. The lowest BCUT2D eigenvalue weighted by atomic mass is 9.73. The first-order valence-electron chi connectivity index (χ1n) is 4.06. The molecule has 0 heterocycles. The predicted octanol–water partition coefficient (Wildman–Crippen LogP) is 1.77. The SMILES string of the molecule is CCCC1CC(CN)C1. The third-order valence-electron chi connectivity index (χ3n) is 2.36. The van der Waals surface area contributed by atoms with Crippen LogP contribution >= 0.6 is 0 Å². The fraction of sp³-hybridized carbons (Fsp3) is 1.00. The van der Waals surface area contributed by atoms with E-state index in [1.54, 1.807) is 0 Å². The van der Waals surface area contributed by atoms with Gasteiger partial charge in [0.1, 0.15) is 0 Å². The Morgan fingerprint density at radius 1 is 1.33 bits per heavy atom. The molecule has 0 aromatic rings. The van der Waals surface area contributed by atoms with Crippen molar-refractivity contribution < 1.29 is 0 Å². The van der Waals surface area contributed by atoms with Gasteiger partial charge in [-0.1, -0.05) is 19.8 Å². The minimum Gasteiger partial charge on any atom is -0.330 e. The highest BCUT2D eigenvalue weighted by Gasteiger charge is 2.26. The molecule has 9 heavy (non-hydrogen) atoms. The van der Waals surface area contributed by atoms with E-state index >= 15 is 0 Å². The molecule has 0 unspecified atom stereocenters. The molecule has 0 spiro atoms. The fourth-order valence-corrected chi connectivity index (χ4v) is 1.71. The Labute approximate surface area is 57.6 Å². The zero-order valence-corrected chi connectivity index (χ0v) is 6.27. The van der Waals surface area contributed by atoms with Gasteiger partial charge in [0.25, 0.3) is 0 Å². The van der Waals surface area contributed by atoms with Crippen LogP contribution < -0.4 is 5.73 Å². The van der Waals surface area contributed by atoms with Crippen molar-refractivity contribution in [1.82, 2.24) is 0 Å². The summed E-state index contributed by atoms with van der Waals surface area (Å²) >= 11 is 0. The first-order valence-corrected chi connectivity index (χ1v) is 4.06. The zero-order chi connectivity index (χ0) is 6.69. The van der Waals surface area contributed by atoms with Crippen molar-refractivity contribution in [2.24, 2.45) is 17.6 Å². The minimum absolute atomic E-state index is 0.876. The molecule has 1 rings (SSSR count). The van der Waals surface area contributed by atoms with Crippen molar-refractivity contribution in [3.05, 3.63) is 0 Å². The molecule has 2 N–H and O–H groups in total. The van der Waals surface area contributed by atoms with Crippen LogP contribution in [0.4, 0.5) is 0 Å². The highest BCUT2D eigenvalue weighted by atomic mass is 14.6. The Morgan fingerprint density at radius 3 is 2.44 bits per heavy atom. The molecule has 1 aliphatic rings. The van der Waals surface area contributed by atoms with Gasteiger partial charge in [-0.2, -0.15) is 0 Å². The lowest BCUT2D eigenvalue weighted by molar-refractivity contribution is 0.187. The van der Waals surface area contributed by atoms with Crippen LogP contribution in [0, 0.1) is 11.8 Å². The van der Waals surface area contributed by atoms with Crippen LogP contribution in [0.25, 0.3) is 0 Å². The lowest BCUT2D eigenvalue weighted by Crippen LogP contribution is -2.29. The Kier molecular flexibility index (Phi) is 2.52. The van der Waals surface area contributed by atoms with Gasteiger partial charge in [-0.3, -0.25) is 0 Å². The van der Waals surface area contributed by atoms with E-state index in [1.807, 2.05) is 0 Å². The number of hydrogen-bond donors (Lipinski definition) is 1. The zero-order valence-electron chi connectivity index (χ0n) is 6.27. The summed E-state index contributed by atoms with van der Waals surface area (Å²) in [4.78, 5) is 0. The molecule has 54 valence electrons. The van der Waals surface area contributed by atoms with Gasteiger partial charge in [0.05, 0.1) is 0 Å². The number of nitrogens with two attached hydrogens (primary N) is 1. The Balaban J connectivity index is 1.98. The Hall–Kier alpha value is -0.0400. The second-order valence-corrected chi connectivity index (χ2v) is 3.23. The Bertz CT molecular complexity index is 74.6. The van der Waals surface area contributed by atoms with E-state index in [9.17, 15) is 0 Å². The molecule has 0 atom stereocenters. The largest absolute Gasteiger partial charge is 0.330 e. The van der Waals surface area contributed by atoms with E-state index in [0.717, 1.165) is 18.4 Å². The summed E-state index contributed by atoms with van der Waals surface area (Å²) in [5.41, 5.74) is 5.49. The predicted molar refractivity (Wildman–Crippen MR) is 40.2 cm³/mol. The maximum absolute atomic E-state index is 5.49. The molecule has 1 heteroatoms. The molecule has 0 bridgehead atoms. The summed E-state index contributed by atoms with van der Waals surface area (Å²) in [7, 11) is 0. The average Bonchev–Trinajstić information content (AvgIpc) is 1.77. The summed E-state index contributed by atoms with van der Waals surface area (Å²) in [5, 5.41) is 0. The maximum atomic E-state index is 5.49. The molecule has 0 aromatic carbocycles. The fourth-order valence-electron chi connectivity index (χ4n) is 1.71. The topological polar surface area (TPSA) is 26.0 Å².